The Hall–Kier alpha value is -2.04. The fourth-order valence-electron chi connectivity index (χ4n) is 2.08. The van der Waals surface area contributed by atoms with Crippen molar-refractivity contribution in [3.8, 4) is 0 Å². The smallest absolute Gasteiger partial charge is 0.242 e. The third-order valence-electron chi connectivity index (χ3n) is 3.43. The lowest BCUT2D eigenvalue weighted by molar-refractivity contribution is -0.136. The first-order valence-electron chi connectivity index (χ1n) is 6.42. The molecule has 1 aliphatic heterocycles. The second-order valence-electron chi connectivity index (χ2n) is 4.77. The van der Waals surface area contributed by atoms with Gasteiger partial charge < -0.3 is 15.5 Å². The highest BCUT2D eigenvalue weighted by molar-refractivity contribution is 5.88. The van der Waals surface area contributed by atoms with E-state index in [1.54, 1.807) is 4.90 Å². The highest BCUT2D eigenvalue weighted by atomic mass is 16.2. The molecule has 0 spiro atoms. The minimum absolute atomic E-state index is 0.0456. The monoisotopic (exact) mass is 261 g/mol. The summed E-state index contributed by atoms with van der Waals surface area (Å²) in [5.74, 6) is -0.137. The van der Waals surface area contributed by atoms with E-state index in [1.165, 1.54) is 5.56 Å². The van der Waals surface area contributed by atoms with Crippen LogP contribution in [0.2, 0.25) is 0 Å². The van der Waals surface area contributed by atoms with Crippen molar-refractivity contribution in [2.75, 3.05) is 31.5 Å². The number of amides is 2. The maximum absolute atomic E-state index is 12.0. The summed E-state index contributed by atoms with van der Waals surface area (Å²) in [7, 11) is 0. The maximum atomic E-state index is 12.0. The summed E-state index contributed by atoms with van der Waals surface area (Å²) < 4.78 is 0. The molecule has 0 bridgehead atoms. The molecule has 2 amide bonds. The molecular formula is C14H19N3O2. The van der Waals surface area contributed by atoms with E-state index in [-0.39, 0.29) is 24.9 Å². The van der Waals surface area contributed by atoms with Gasteiger partial charge in [-0.3, -0.25) is 9.59 Å². The number of hydrogen-bond donors (Lipinski definition) is 2. The zero-order valence-electron chi connectivity index (χ0n) is 11.3. The van der Waals surface area contributed by atoms with Gasteiger partial charge in [-0.05, 0) is 31.0 Å². The van der Waals surface area contributed by atoms with Crippen LogP contribution in [0.5, 0.6) is 0 Å². The average molecular weight is 261 g/mol. The molecule has 1 fully saturated rings. The van der Waals surface area contributed by atoms with Gasteiger partial charge in [0, 0.05) is 18.8 Å². The number of benzene rings is 1. The fraction of sp³-hybridized carbons (Fsp3) is 0.429. The topological polar surface area (TPSA) is 61.4 Å². The SMILES string of the molecule is Cc1cccc(NCC(=O)N2CCNC(=O)C2)c1C. The number of piperazine rings is 1. The Bertz CT molecular complexity index is 499. The second-order valence-corrected chi connectivity index (χ2v) is 4.77. The molecule has 2 N–H and O–H groups in total. The van der Waals surface area contributed by atoms with Gasteiger partial charge in [-0.1, -0.05) is 12.1 Å². The van der Waals surface area contributed by atoms with Crippen LogP contribution in [-0.2, 0) is 9.59 Å². The summed E-state index contributed by atoms with van der Waals surface area (Å²) in [5.41, 5.74) is 3.30. The highest BCUT2D eigenvalue weighted by Gasteiger charge is 2.20. The quantitative estimate of drug-likeness (QED) is 0.841. The van der Waals surface area contributed by atoms with Crippen LogP contribution in [0.25, 0.3) is 0 Å². The zero-order chi connectivity index (χ0) is 13.8. The van der Waals surface area contributed by atoms with Gasteiger partial charge in [-0.25, -0.2) is 0 Å². The van der Waals surface area contributed by atoms with Crippen molar-refractivity contribution in [3.63, 3.8) is 0 Å². The maximum Gasteiger partial charge on any atom is 0.242 e. The molecule has 0 aromatic heterocycles. The highest BCUT2D eigenvalue weighted by Crippen LogP contribution is 2.17. The van der Waals surface area contributed by atoms with Gasteiger partial charge in [-0.2, -0.15) is 0 Å². The molecule has 0 aliphatic carbocycles. The van der Waals surface area contributed by atoms with Crippen molar-refractivity contribution in [2.45, 2.75) is 13.8 Å². The Morgan fingerprint density at radius 1 is 1.42 bits per heavy atom. The summed E-state index contributed by atoms with van der Waals surface area (Å²) in [6, 6.07) is 5.96. The first kappa shape index (κ1) is 13.4. The summed E-state index contributed by atoms with van der Waals surface area (Å²) in [6.45, 7) is 5.56. The molecule has 1 heterocycles. The van der Waals surface area contributed by atoms with Crippen LogP contribution < -0.4 is 10.6 Å². The third-order valence-corrected chi connectivity index (χ3v) is 3.43. The lowest BCUT2D eigenvalue weighted by atomic mass is 10.1. The van der Waals surface area contributed by atoms with Crippen molar-refractivity contribution >= 4 is 17.5 Å². The predicted octanol–water partition coefficient (Wildman–Crippen LogP) is 0.674. The van der Waals surface area contributed by atoms with Gasteiger partial charge in [0.05, 0.1) is 13.1 Å². The molecular weight excluding hydrogens is 242 g/mol. The number of hydrogen-bond acceptors (Lipinski definition) is 3. The van der Waals surface area contributed by atoms with Crippen molar-refractivity contribution in [1.29, 1.82) is 0 Å². The minimum atomic E-state index is -0.0914. The number of rotatable bonds is 3. The van der Waals surface area contributed by atoms with Gasteiger partial charge in [0.1, 0.15) is 0 Å². The van der Waals surface area contributed by atoms with Crippen LogP contribution in [0.4, 0.5) is 5.69 Å². The molecule has 1 saturated heterocycles. The standard InChI is InChI=1S/C14H19N3O2/c1-10-4-3-5-12(11(10)2)16-8-14(19)17-7-6-15-13(18)9-17/h3-5,16H,6-9H2,1-2H3,(H,15,18). The van der Waals surface area contributed by atoms with Gasteiger partial charge in [0.15, 0.2) is 0 Å². The van der Waals surface area contributed by atoms with Crippen LogP contribution >= 0.6 is 0 Å². The first-order chi connectivity index (χ1) is 9.08. The second kappa shape index (κ2) is 5.73. The molecule has 2 rings (SSSR count). The van der Waals surface area contributed by atoms with Crippen LogP contribution in [0.15, 0.2) is 18.2 Å². The van der Waals surface area contributed by atoms with Crippen molar-refractivity contribution in [2.24, 2.45) is 0 Å². The van der Waals surface area contributed by atoms with Crippen LogP contribution in [0.3, 0.4) is 0 Å². The number of nitrogens with zero attached hydrogens (tertiary/aromatic N) is 1. The molecule has 0 radical (unpaired) electrons. The average Bonchev–Trinajstić information content (AvgIpc) is 2.40. The third kappa shape index (κ3) is 3.24. The van der Waals surface area contributed by atoms with E-state index >= 15 is 0 Å². The van der Waals surface area contributed by atoms with Crippen LogP contribution in [-0.4, -0.2) is 42.9 Å². The number of anilines is 1. The normalized spacial score (nSPS) is 15.1. The lowest BCUT2D eigenvalue weighted by Crippen LogP contribution is -2.51. The number of nitrogens with one attached hydrogen (secondary N) is 2. The largest absolute Gasteiger partial charge is 0.376 e. The van der Waals surface area contributed by atoms with Crippen molar-refractivity contribution < 1.29 is 9.59 Å². The molecule has 102 valence electrons. The number of carbonyl (C=O) groups is 2. The van der Waals surface area contributed by atoms with E-state index in [0.29, 0.717) is 13.1 Å². The molecule has 1 aromatic carbocycles. The van der Waals surface area contributed by atoms with E-state index in [4.69, 9.17) is 0 Å². The van der Waals surface area contributed by atoms with Crippen LogP contribution in [0.1, 0.15) is 11.1 Å². The molecule has 0 saturated carbocycles. The summed E-state index contributed by atoms with van der Waals surface area (Å²) in [5, 5.41) is 5.85. The Balaban J connectivity index is 1.93. The Morgan fingerprint density at radius 2 is 2.21 bits per heavy atom. The summed E-state index contributed by atoms with van der Waals surface area (Å²) in [4.78, 5) is 24.8. The molecule has 5 nitrogen and oxygen atoms in total. The van der Waals surface area contributed by atoms with E-state index in [1.807, 2.05) is 32.0 Å². The first-order valence-corrected chi connectivity index (χ1v) is 6.42. The van der Waals surface area contributed by atoms with E-state index in [2.05, 4.69) is 10.6 Å². The number of aryl methyl sites for hydroxylation is 1. The van der Waals surface area contributed by atoms with Gasteiger partial charge >= 0.3 is 0 Å². The van der Waals surface area contributed by atoms with E-state index < -0.39 is 0 Å². The van der Waals surface area contributed by atoms with Crippen molar-refractivity contribution in [3.05, 3.63) is 29.3 Å². The van der Waals surface area contributed by atoms with Gasteiger partial charge in [0.2, 0.25) is 11.8 Å². The lowest BCUT2D eigenvalue weighted by Gasteiger charge is -2.27. The van der Waals surface area contributed by atoms with Crippen LogP contribution in [0, 0.1) is 13.8 Å². The molecule has 0 atom stereocenters. The zero-order valence-corrected chi connectivity index (χ0v) is 11.3. The Labute approximate surface area is 113 Å². The van der Waals surface area contributed by atoms with Gasteiger partial charge in [0.25, 0.3) is 0 Å². The van der Waals surface area contributed by atoms with Crippen molar-refractivity contribution in [1.82, 2.24) is 10.2 Å². The Morgan fingerprint density at radius 3 is 2.95 bits per heavy atom. The van der Waals surface area contributed by atoms with Gasteiger partial charge in [-0.15, -0.1) is 0 Å². The summed E-state index contributed by atoms with van der Waals surface area (Å²) >= 11 is 0. The van der Waals surface area contributed by atoms with E-state index in [9.17, 15) is 9.59 Å². The summed E-state index contributed by atoms with van der Waals surface area (Å²) in [6.07, 6.45) is 0. The Kier molecular flexibility index (Phi) is 4.04. The molecule has 1 aromatic rings. The number of carbonyl (C=O) groups excluding carboxylic acids is 2. The molecule has 1 aliphatic rings. The minimum Gasteiger partial charge on any atom is -0.376 e. The molecule has 19 heavy (non-hydrogen) atoms. The molecule has 0 unspecified atom stereocenters. The molecule has 5 heteroatoms. The van der Waals surface area contributed by atoms with E-state index in [0.717, 1.165) is 11.3 Å². The predicted molar refractivity (Wildman–Crippen MR) is 74.0 cm³/mol. The fourth-order valence-corrected chi connectivity index (χ4v) is 2.08.